The highest BCUT2D eigenvalue weighted by Crippen LogP contribution is 2.52. The molecule has 1 amide bonds. The molecule has 43 heavy (non-hydrogen) atoms. The summed E-state index contributed by atoms with van der Waals surface area (Å²) >= 11 is 6.22. The Labute approximate surface area is 258 Å². The molecule has 0 aromatic heterocycles. The van der Waals surface area contributed by atoms with Gasteiger partial charge in [-0.25, -0.2) is 17.5 Å². The van der Waals surface area contributed by atoms with E-state index < -0.39 is 26.8 Å². The van der Waals surface area contributed by atoms with Gasteiger partial charge in [-0.2, -0.15) is 0 Å². The van der Waals surface area contributed by atoms with Gasteiger partial charge in [-0.1, -0.05) is 36.7 Å². The number of halogens is 2. The highest BCUT2D eigenvalue weighted by molar-refractivity contribution is 7.90. The van der Waals surface area contributed by atoms with Crippen molar-refractivity contribution in [1.82, 2.24) is 4.72 Å². The summed E-state index contributed by atoms with van der Waals surface area (Å²) in [5.74, 6) is -0.196. The SMILES string of the molecule is COC12C=C[C@@H](C1)[C@H](C)[C@@H](C)S(=O)(=O)NC(=O)c1ccc3c(c1)N(Cc1ccc(Cl)c(F)c1CCCCO3)C[C@@H]1CC[C@H]12. The molecule has 10 heteroatoms. The Morgan fingerprint density at radius 2 is 1.98 bits per heavy atom. The number of sulfonamides is 1. The molecule has 0 radical (unpaired) electrons. The molecule has 232 valence electrons. The molecule has 0 saturated heterocycles. The van der Waals surface area contributed by atoms with Crippen molar-refractivity contribution in [2.24, 2.45) is 23.7 Å². The molecule has 1 N–H and O–H groups in total. The van der Waals surface area contributed by atoms with Crippen LogP contribution in [0.5, 0.6) is 5.75 Å². The number of carbonyl (C=O) groups is 1. The first kappa shape index (κ1) is 30.4. The number of nitrogens with one attached hydrogen (secondary N) is 1. The fraction of sp³-hybridized carbons (Fsp3) is 0.545. The van der Waals surface area contributed by atoms with E-state index in [0.29, 0.717) is 49.5 Å². The van der Waals surface area contributed by atoms with Gasteiger partial charge in [0.05, 0.1) is 28.2 Å². The molecule has 0 spiro atoms. The van der Waals surface area contributed by atoms with Crippen LogP contribution in [-0.2, 0) is 27.7 Å². The van der Waals surface area contributed by atoms with Gasteiger partial charge in [-0.3, -0.25) is 4.79 Å². The summed E-state index contributed by atoms with van der Waals surface area (Å²) in [6.07, 6.45) is 8.94. The molecule has 1 fully saturated rings. The van der Waals surface area contributed by atoms with Crippen molar-refractivity contribution in [2.45, 2.75) is 69.8 Å². The molecule has 1 saturated carbocycles. The van der Waals surface area contributed by atoms with Crippen LogP contribution >= 0.6 is 11.6 Å². The van der Waals surface area contributed by atoms with Gasteiger partial charge in [0.15, 0.2) is 0 Å². The van der Waals surface area contributed by atoms with E-state index in [0.717, 1.165) is 31.2 Å². The number of hydrogen-bond donors (Lipinski definition) is 1. The summed E-state index contributed by atoms with van der Waals surface area (Å²) in [7, 11) is -2.23. The van der Waals surface area contributed by atoms with Gasteiger partial charge >= 0.3 is 0 Å². The number of carbonyl (C=O) groups excluding carboxylic acids is 1. The van der Waals surface area contributed by atoms with E-state index in [-0.39, 0.29) is 40.1 Å². The number of amides is 1. The Hall–Kier alpha value is -2.62. The molecule has 4 bridgehead atoms. The number of nitrogens with zero attached hydrogens (tertiary/aromatic N) is 1. The summed E-state index contributed by atoms with van der Waals surface area (Å²) in [4.78, 5) is 15.6. The van der Waals surface area contributed by atoms with Crippen LogP contribution in [0.15, 0.2) is 42.5 Å². The summed E-state index contributed by atoms with van der Waals surface area (Å²) < 4.78 is 57.1. The Balaban J connectivity index is 1.49. The van der Waals surface area contributed by atoms with Crippen LogP contribution in [-0.4, -0.2) is 45.4 Å². The van der Waals surface area contributed by atoms with Crippen LogP contribution in [0.1, 0.15) is 67.4 Å². The van der Waals surface area contributed by atoms with Crippen LogP contribution in [0.3, 0.4) is 0 Å². The maximum Gasteiger partial charge on any atom is 0.264 e. The number of benzene rings is 2. The monoisotopic (exact) mass is 630 g/mol. The lowest BCUT2D eigenvalue weighted by Crippen LogP contribution is -2.50. The standard InChI is InChI=1S/C33H40ClFN2O5S/c1-20-21(2)43(39,40)36-32(38)22-9-12-30-29(16-22)37(19-25-7-10-27(25)33(41-3)14-13-23(20)17-33)18-24-8-11-28(34)31(35)26(24)6-4-5-15-42-30/h8-9,11-14,16,20-21,23,25,27H,4-7,10,15,17-19H2,1-3H3,(H,36,38)/t20-,21-,23+,25+,27-,33?/m1/s1. The molecule has 6 atom stereocenters. The molecule has 2 aliphatic carbocycles. The highest BCUT2D eigenvalue weighted by Gasteiger charge is 2.51. The third-order valence-corrected chi connectivity index (χ3v) is 12.7. The van der Waals surface area contributed by atoms with Gasteiger partial charge in [-0.05, 0) is 105 Å². The van der Waals surface area contributed by atoms with Gasteiger partial charge in [0.2, 0.25) is 10.0 Å². The topological polar surface area (TPSA) is 84.9 Å². The lowest BCUT2D eigenvalue weighted by atomic mass is 9.63. The smallest absolute Gasteiger partial charge is 0.264 e. The summed E-state index contributed by atoms with van der Waals surface area (Å²) in [6.45, 7) is 5.06. The van der Waals surface area contributed by atoms with E-state index in [1.54, 1.807) is 38.3 Å². The van der Waals surface area contributed by atoms with Crippen LogP contribution in [0.2, 0.25) is 5.02 Å². The fourth-order valence-corrected chi connectivity index (χ4v) is 8.98. The normalized spacial score (nSPS) is 32.1. The van der Waals surface area contributed by atoms with Crippen molar-refractivity contribution in [3.8, 4) is 5.75 Å². The summed E-state index contributed by atoms with van der Waals surface area (Å²) in [5.41, 5.74) is 1.85. The largest absolute Gasteiger partial charge is 0.491 e. The Morgan fingerprint density at radius 1 is 1.16 bits per heavy atom. The van der Waals surface area contributed by atoms with E-state index in [9.17, 15) is 13.2 Å². The number of fused-ring (bicyclic) bond motifs is 6. The van der Waals surface area contributed by atoms with Crippen molar-refractivity contribution in [1.29, 1.82) is 0 Å². The average Bonchev–Trinajstić information content (AvgIpc) is 3.39. The Kier molecular flexibility index (Phi) is 8.28. The predicted octanol–water partition coefficient (Wildman–Crippen LogP) is 6.29. The number of rotatable bonds is 1. The lowest BCUT2D eigenvalue weighted by molar-refractivity contribution is -0.0809. The maximum absolute atomic E-state index is 15.4. The number of anilines is 1. The molecule has 1 unspecified atom stereocenters. The number of allylic oxidation sites excluding steroid dienone is 1. The number of methoxy groups -OCH3 is 1. The minimum atomic E-state index is -3.98. The molecular weight excluding hydrogens is 591 g/mol. The third kappa shape index (κ3) is 5.57. The molecule has 2 heterocycles. The predicted molar refractivity (Wildman–Crippen MR) is 166 cm³/mol. The first-order chi connectivity index (χ1) is 20.5. The second-order valence-corrected chi connectivity index (χ2v) is 15.2. The number of hydrogen-bond acceptors (Lipinski definition) is 6. The molecule has 2 aliphatic heterocycles. The van der Waals surface area contributed by atoms with Gasteiger partial charge in [0.1, 0.15) is 11.6 Å². The zero-order valence-electron chi connectivity index (χ0n) is 24.9. The zero-order valence-corrected chi connectivity index (χ0v) is 26.5. The van der Waals surface area contributed by atoms with Crippen molar-refractivity contribution >= 4 is 33.2 Å². The van der Waals surface area contributed by atoms with Gasteiger partial charge < -0.3 is 14.4 Å². The van der Waals surface area contributed by atoms with Gasteiger partial charge in [0.25, 0.3) is 5.91 Å². The average molecular weight is 631 g/mol. The fourth-order valence-electron chi connectivity index (χ4n) is 7.47. The van der Waals surface area contributed by atoms with Crippen LogP contribution in [0, 0.1) is 29.5 Å². The second-order valence-electron chi connectivity index (χ2n) is 12.7. The van der Waals surface area contributed by atoms with Gasteiger partial charge in [0, 0.05) is 25.8 Å². The quantitative estimate of drug-likeness (QED) is 0.373. The van der Waals surface area contributed by atoms with Crippen molar-refractivity contribution in [3.05, 3.63) is 70.0 Å². The molecular formula is C33H40ClFN2O5S. The first-order valence-corrected chi connectivity index (χ1v) is 17.2. The summed E-state index contributed by atoms with van der Waals surface area (Å²) in [5, 5.41) is -0.686. The van der Waals surface area contributed by atoms with Crippen molar-refractivity contribution in [3.63, 3.8) is 0 Å². The minimum Gasteiger partial charge on any atom is -0.491 e. The molecule has 2 aromatic carbocycles. The Bertz CT molecular complexity index is 1550. The van der Waals surface area contributed by atoms with Crippen LogP contribution in [0.25, 0.3) is 0 Å². The van der Waals surface area contributed by atoms with Gasteiger partial charge in [-0.15, -0.1) is 0 Å². The van der Waals surface area contributed by atoms with E-state index in [1.165, 1.54) is 0 Å². The van der Waals surface area contributed by atoms with E-state index in [1.807, 2.05) is 13.0 Å². The van der Waals surface area contributed by atoms with E-state index >= 15 is 4.39 Å². The summed E-state index contributed by atoms with van der Waals surface area (Å²) in [6, 6.07) is 8.56. The van der Waals surface area contributed by atoms with Crippen LogP contribution < -0.4 is 14.4 Å². The highest BCUT2D eigenvalue weighted by atomic mass is 35.5. The van der Waals surface area contributed by atoms with Crippen molar-refractivity contribution < 1.29 is 27.1 Å². The maximum atomic E-state index is 15.4. The third-order valence-electron chi connectivity index (χ3n) is 10.5. The van der Waals surface area contributed by atoms with E-state index in [2.05, 4.69) is 21.8 Å². The van der Waals surface area contributed by atoms with E-state index in [4.69, 9.17) is 21.1 Å². The molecule has 7 nitrogen and oxygen atoms in total. The minimum absolute atomic E-state index is 0.00799. The first-order valence-electron chi connectivity index (χ1n) is 15.3. The molecule has 4 aliphatic rings. The molecule has 6 rings (SSSR count). The lowest BCUT2D eigenvalue weighted by Gasteiger charge is -2.49. The number of ether oxygens (including phenoxy) is 2. The van der Waals surface area contributed by atoms with Crippen LogP contribution in [0.4, 0.5) is 10.1 Å². The molecule has 2 aromatic rings. The second kappa shape index (κ2) is 11.7. The zero-order chi connectivity index (χ0) is 30.5. The Morgan fingerprint density at radius 3 is 2.72 bits per heavy atom. The van der Waals surface area contributed by atoms with Crippen molar-refractivity contribution in [2.75, 3.05) is 25.2 Å².